The Kier molecular flexibility index (Phi) is 5.99. The van der Waals surface area contributed by atoms with Gasteiger partial charge in [0, 0.05) is 43.0 Å². The molecule has 0 spiro atoms. The van der Waals surface area contributed by atoms with Gasteiger partial charge in [-0.25, -0.2) is 4.39 Å². The minimum Gasteiger partial charge on any atom is -0.493 e. The number of nitrogens with zero attached hydrogens (tertiary/aromatic N) is 1. The average Bonchev–Trinajstić information content (AvgIpc) is 2.67. The van der Waals surface area contributed by atoms with Crippen molar-refractivity contribution in [2.45, 2.75) is 32.4 Å². The zero-order valence-corrected chi connectivity index (χ0v) is 15.7. The predicted octanol–water partition coefficient (Wildman–Crippen LogP) is 3.91. The molecular weight excluding hydrogens is 331 g/mol. The molecule has 1 aliphatic heterocycles. The van der Waals surface area contributed by atoms with Gasteiger partial charge in [-0.15, -0.1) is 0 Å². The fourth-order valence-corrected chi connectivity index (χ4v) is 3.45. The smallest absolute Gasteiger partial charge is 0.163 e. The van der Waals surface area contributed by atoms with Crippen LogP contribution in [0.15, 0.2) is 36.4 Å². The van der Waals surface area contributed by atoms with E-state index in [1.165, 1.54) is 24.4 Å². The molecule has 1 fully saturated rings. The summed E-state index contributed by atoms with van der Waals surface area (Å²) >= 11 is 0. The summed E-state index contributed by atoms with van der Waals surface area (Å²) in [6, 6.07) is 12.1. The van der Waals surface area contributed by atoms with Gasteiger partial charge < -0.3 is 19.7 Å². The van der Waals surface area contributed by atoms with Crippen molar-refractivity contribution < 1.29 is 13.9 Å². The Bertz CT molecular complexity index is 743. The summed E-state index contributed by atoms with van der Waals surface area (Å²) < 4.78 is 24.7. The second kappa shape index (κ2) is 8.41. The van der Waals surface area contributed by atoms with Gasteiger partial charge in [0.05, 0.1) is 14.2 Å². The quantitative estimate of drug-likeness (QED) is 0.849. The molecule has 0 amide bonds. The van der Waals surface area contributed by atoms with Crippen molar-refractivity contribution >= 4 is 5.69 Å². The van der Waals surface area contributed by atoms with Crippen molar-refractivity contribution in [2.24, 2.45) is 0 Å². The number of halogens is 1. The Morgan fingerprint density at radius 3 is 2.42 bits per heavy atom. The van der Waals surface area contributed by atoms with Crippen molar-refractivity contribution in [3.63, 3.8) is 0 Å². The minimum atomic E-state index is -0.271. The monoisotopic (exact) mass is 358 g/mol. The maximum atomic E-state index is 14.2. The highest BCUT2D eigenvalue weighted by atomic mass is 19.1. The maximum Gasteiger partial charge on any atom is 0.163 e. The van der Waals surface area contributed by atoms with Gasteiger partial charge in [-0.2, -0.15) is 0 Å². The number of nitrogens with one attached hydrogen (secondary N) is 1. The van der Waals surface area contributed by atoms with E-state index in [2.05, 4.69) is 41.4 Å². The average molecular weight is 358 g/mol. The summed E-state index contributed by atoms with van der Waals surface area (Å²) in [7, 11) is 3.07. The van der Waals surface area contributed by atoms with Crippen LogP contribution in [0.2, 0.25) is 0 Å². The van der Waals surface area contributed by atoms with Crippen LogP contribution in [0.5, 0.6) is 11.5 Å². The number of hydrogen-bond donors (Lipinski definition) is 1. The Balaban J connectivity index is 1.55. The summed E-state index contributed by atoms with van der Waals surface area (Å²) in [5.74, 6) is 0.701. The molecule has 2 aromatic rings. The van der Waals surface area contributed by atoms with Crippen molar-refractivity contribution in [3.8, 4) is 11.5 Å². The highest BCUT2D eigenvalue weighted by Gasteiger charge is 2.20. The number of benzene rings is 2. The molecule has 26 heavy (non-hydrogen) atoms. The summed E-state index contributed by atoms with van der Waals surface area (Å²) in [5, 5.41) is 3.49. The minimum absolute atomic E-state index is 0.271. The van der Waals surface area contributed by atoms with Gasteiger partial charge >= 0.3 is 0 Å². The number of aryl methyl sites for hydroxylation is 1. The van der Waals surface area contributed by atoms with Crippen LogP contribution in [0, 0.1) is 12.7 Å². The molecule has 140 valence electrons. The molecule has 3 rings (SSSR count). The molecule has 0 bridgehead atoms. The molecule has 5 heteroatoms. The molecule has 1 N–H and O–H groups in total. The Morgan fingerprint density at radius 2 is 1.77 bits per heavy atom. The molecule has 0 aromatic heterocycles. The lowest BCUT2D eigenvalue weighted by Crippen LogP contribution is -2.42. The van der Waals surface area contributed by atoms with Crippen LogP contribution in [-0.2, 0) is 6.54 Å². The van der Waals surface area contributed by atoms with Crippen LogP contribution in [0.4, 0.5) is 10.1 Å². The van der Waals surface area contributed by atoms with Crippen molar-refractivity contribution in [1.82, 2.24) is 5.32 Å². The van der Waals surface area contributed by atoms with E-state index in [0.717, 1.165) is 25.9 Å². The lowest BCUT2D eigenvalue weighted by Gasteiger charge is -2.34. The van der Waals surface area contributed by atoms with Crippen LogP contribution in [0.25, 0.3) is 0 Å². The van der Waals surface area contributed by atoms with Crippen LogP contribution in [-0.4, -0.2) is 33.4 Å². The van der Waals surface area contributed by atoms with E-state index < -0.39 is 0 Å². The highest BCUT2D eigenvalue weighted by Crippen LogP contribution is 2.30. The van der Waals surface area contributed by atoms with Crippen LogP contribution in [0.3, 0.4) is 0 Å². The number of rotatable bonds is 6. The molecule has 0 radical (unpaired) electrons. The standard InChI is InChI=1S/C21H27FN2O2/c1-15-5-4-6-18(11-15)24-9-7-17(8-10-24)23-14-16-12-20(25-2)21(26-3)13-19(16)22/h4-6,11-13,17,23H,7-10,14H2,1-3H3. The van der Waals surface area contributed by atoms with Crippen LogP contribution >= 0.6 is 0 Å². The lowest BCUT2D eigenvalue weighted by atomic mass is 10.0. The summed E-state index contributed by atoms with van der Waals surface area (Å²) in [4.78, 5) is 2.42. The summed E-state index contributed by atoms with van der Waals surface area (Å²) in [6.45, 7) is 4.63. The number of ether oxygens (including phenoxy) is 2. The molecule has 1 saturated heterocycles. The second-order valence-electron chi connectivity index (χ2n) is 6.78. The number of anilines is 1. The highest BCUT2D eigenvalue weighted by molar-refractivity contribution is 5.48. The molecular formula is C21H27FN2O2. The second-order valence-corrected chi connectivity index (χ2v) is 6.78. The van der Waals surface area contributed by atoms with E-state index in [9.17, 15) is 4.39 Å². The Labute approximate surface area is 154 Å². The van der Waals surface area contributed by atoms with Gasteiger partial charge in [0.1, 0.15) is 5.82 Å². The third-order valence-corrected chi connectivity index (χ3v) is 5.00. The molecule has 2 aromatic carbocycles. The van der Waals surface area contributed by atoms with E-state index in [0.29, 0.717) is 29.6 Å². The first kappa shape index (κ1) is 18.5. The van der Waals surface area contributed by atoms with Crippen molar-refractivity contribution in [3.05, 3.63) is 53.3 Å². The summed E-state index contributed by atoms with van der Waals surface area (Å²) in [5.41, 5.74) is 3.17. The largest absolute Gasteiger partial charge is 0.493 e. The van der Waals surface area contributed by atoms with Crippen LogP contribution in [0.1, 0.15) is 24.0 Å². The lowest BCUT2D eigenvalue weighted by molar-refractivity contribution is 0.350. The van der Waals surface area contributed by atoms with Crippen molar-refractivity contribution in [1.29, 1.82) is 0 Å². The van der Waals surface area contributed by atoms with Gasteiger partial charge in [-0.3, -0.25) is 0 Å². The predicted molar refractivity (Wildman–Crippen MR) is 103 cm³/mol. The fraction of sp³-hybridized carbons (Fsp3) is 0.429. The van der Waals surface area contributed by atoms with E-state index in [1.54, 1.807) is 13.2 Å². The Hall–Kier alpha value is -2.27. The topological polar surface area (TPSA) is 33.7 Å². The van der Waals surface area contributed by atoms with Gasteiger partial charge in [0.2, 0.25) is 0 Å². The third kappa shape index (κ3) is 4.28. The third-order valence-electron chi connectivity index (χ3n) is 5.00. The molecule has 0 unspecified atom stereocenters. The van der Waals surface area contributed by atoms with Gasteiger partial charge in [-0.05, 0) is 43.5 Å². The Morgan fingerprint density at radius 1 is 1.08 bits per heavy atom. The molecule has 0 aliphatic carbocycles. The number of methoxy groups -OCH3 is 2. The maximum absolute atomic E-state index is 14.2. The normalized spacial score (nSPS) is 15.2. The molecule has 0 atom stereocenters. The molecule has 0 saturated carbocycles. The zero-order chi connectivity index (χ0) is 18.5. The first-order chi connectivity index (χ1) is 12.6. The van der Waals surface area contributed by atoms with E-state index >= 15 is 0 Å². The first-order valence-electron chi connectivity index (χ1n) is 9.06. The van der Waals surface area contributed by atoms with Crippen molar-refractivity contribution in [2.75, 3.05) is 32.2 Å². The van der Waals surface area contributed by atoms with Gasteiger partial charge in [0.25, 0.3) is 0 Å². The van der Waals surface area contributed by atoms with E-state index in [1.807, 2.05) is 0 Å². The van der Waals surface area contributed by atoms with Crippen LogP contribution < -0.4 is 19.7 Å². The molecule has 1 heterocycles. The fourth-order valence-electron chi connectivity index (χ4n) is 3.45. The number of piperidine rings is 1. The molecule has 4 nitrogen and oxygen atoms in total. The SMILES string of the molecule is COc1cc(F)c(CNC2CCN(c3cccc(C)c3)CC2)cc1OC. The molecule has 1 aliphatic rings. The number of hydrogen-bond acceptors (Lipinski definition) is 4. The zero-order valence-electron chi connectivity index (χ0n) is 15.7. The van der Waals surface area contributed by atoms with Gasteiger partial charge in [-0.1, -0.05) is 12.1 Å². The first-order valence-corrected chi connectivity index (χ1v) is 9.06. The van der Waals surface area contributed by atoms with E-state index in [4.69, 9.17) is 9.47 Å². The van der Waals surface area contributed by atoms with Gasteiger partial charge in [0.15, 0.2) is 11.5 Å². The summed E-state index contributed by atoms with van der Waals surface area (Å²) in [6.07, 6.45) is 2.09. The van der Waals surface area contributed by atoms with E-state index in [-0.39, 0.29) is 5.82 Å².